The molecule has 2 N–H and O–H groups in total. The van der Waals surface area contributed by atoms with Gasteiger partial charge in [-0.3, -0.25) is 4.90 Å². The average Bonchev–Trinajstić information content (AvgIpc) is 3.02. The molecular weight excluding hydrogens is 542 g/mol. The van der Waals surface area contributed by atoms with E-state index in [1.165, 1.54) is 0 Å². The molecule has 1 atom stereocenters. The highest BCUT2D eigenvalue weighted by Crippen LogP contribution is 2.45. The molecule has 2 fully saturated rings. The lowest BCUT2D eigenvalue weighted by molar-refractivity contribution is -0.193. The first kappa shape index (κ1) is 32.4. The number of carboxylic acid groups (broad SMARTS) is 2. The SMILES string of the molecule is CCOCC1CCS(=O)(=O)C12CN(Cc1cccnc1OC)C2.O=C(O)C(F)(F)F.O=C(O)C(F)(F)F. The number of rotatable bonds is 6. The molecule has 3 rings (SSSR count). The predicted octanol–water partition coefficient (Wildman–Crippen LogP) is 2.38. The summed E-state index contributed by atoms with van der Waals surface area (Å²) < 4.78 is 98.7. The zero-order valence-corrected chi connectivity index (χ0v) is 20.5. The molecule has 0 aromatic carbocycles. The number of sulfone groups is 1. The first-order valence-electron chi connectivity index (χ1n) is 10.5. The largest absolute Gasteiger partial charge is 0.490 e. The summed E-state index contributed by atoms with van der Waals surface area (Å²) in [5.74, 6) is -4.51. The fraction of sp³-hybridized carbons (Fsp3) is 0.650. The summed E-state index contributed by atoms with van der Waals surface area (Å²) in [5, 5.41) is 14.2. The molecular formula is C20H26F6N2O8S. The second kappa shape index (κ2) is 12.7. The van der Waals surface area contributed by atoms with Crippen molar-refractivity contribution in [2.24, 2.45) is 5.92 Å². The molecule has 1 unspecified atom stereocenters. The van der Waals surface area contributed by atoms with Crippen molar-refractivity contribution in [3.63, 3.8) is 0 Å². The van der Waals surface area contributed by atoms with Crippen LogP contribution in [-0.4, -0.2) is 96.7 Å². The number of halogens is 6. The number of pyridine rings is 1. The Morgan fingerprint density at radius 2 is 1.65 bits per heavy atom. The van der Waals surface area contributed by atoms with E-state index in [-0.39, 0.29) is 11.7 Å². The fourth-order valence-electron chi connectivity index (χ4n) is 3.76. The minimum atomic E-state index is -5.08. The highest BCUT2D eigenvalue weighted by atomic mass is 32.2. The van der Waals surface area contributed by atoms with Crippen molar-refractivity contribution >= 4 is 21.8 Å². The van der Waals surface area contributed by atoms with Crippen molar-refractivity contribution in [2.45, 2.75) is 37.0 Å². The number of alkyl halides is 6. The van der Waals surface area contributed by atoms with Crippen LogP contribution in [0.25, 0.3) is 0 Å². The van der Waals surface area contributed by atoms with Gasteiger partial charge >= 0.3 is 24.3 Å². The van der Waals surface area contributed by atoms with E-state index < -0.39 is 38.9 Å². The molecule has 17 heteroatoms. The van der Waals surface area contributed by atoms with Gasteiger partial charge in [0.05, 0.1) is 19.5 Å². The number of carboxylic acids is 2. The second-order valence-corrected chi connectivity index (χ2v) is 10.4. The molecule has 3 heterocycles. The number of nitrogens with zero attached hydrogens (tertiary/aromatic N) is 2. The lowest BCUT2D eigenvalue weighted by atomic mass is 9.83. The maximum Gasteiger partial charge on any atom is 0.490 e. The van der Waals surface area contributed by atoms with E-state index in [4.69, 9.17) is 29.3 Å². The number of carbonyl (C=O) groups is 2. The van der Waals surface area contributed by atoms with E-state index in [0.717, 1.165) is 5.56 Å². The Morgan fingerprint density at radius 1 is 1.14 bits per heavy atom. The van der Waals surface area contributed by atoms with Crippen LogP contribution in [0.4, 0.5) is 26.3 Å². The van der Waals surface area contributed by atoms with Crippen LogP contribution in [0.15, 0.2) is 18.3 Å². The van der Waals surface area contributed by atoms with E-state index in [1.54, 1.807) is 13.3 Å². The Morgan fingerprint density at radius 3 is 2.08 bits per heavy atom. The highest BCUT2D eigenvalue weighted by molar-refractivity contribution is 7.93. The van der Waals surface area contributed by atoms with E-state index in [9.17, 15) is 34.8 Å². The van der Waals surface area contributed by atoms with Crippen LogP contribution in [0.5, 0.6) is 5.88 Å². The average molecular weight is 568 g/mol. The van der Waals surface area contributed by atoms with Crippen LogP contribution in [-0.2, 0) is 30.7 Å². The number of ether oxygens (including phenoxy) is 2. The summed E-state index contributed by atoms with van der Waals surface area (Å²) in [5.41, 5.74) is 0.988. The molecule has 0 radical (unpaired) electrons. The Hall–Kier alpha value is -2.66. The number of aliphatic carboxylic acids is 2. The quantitative estimate of drug-likeness (QED) is 0.491. The molecule has 0 bridgehead atoms. The Bertz CT molecular complexity index is 1000. The molecule has 37 heavy (non-hydrogen) atoms. The van der Waals surface area contributed by atoms with Crippen molar-refractivity contribution < 1.29 is 64.0 Å². The smallest absolute Gasteiger partial charge is 0.481 e. The number of hydrogen-bond acceptors (Lipinski definition) is 8. The maximum absolute atomic E-state index is 12.5. The van der Waals surface area contributed by atoms with Crippen LogP contribution in [0, 0.1) is 5.92 Å². The molecule has 0 aliphatic carbocycles. The van der Waals surface area contributed by atoms with Gasteiger partial charge in [0.25, 0.3) is 0 Å². The van der Waals surface area contributed by atoms with Gasteiger partial charge < -0.3 is 19.7 Å². The van der Waals surface area contributed by atoms with Gasteiger partial charge in [-0.1, -0.05) is 6.07 Å². The lowest BCUT2D eigenvalue weighted by Crippen LogP contribution is -2.67. The van der Waals surface area contributed by atoms with E-state index in [0.29, 0.717) is 45.1 Å². The lowest BCUT2D eigenvalue weighted by Gasteiger charge is -2.50. The van der Waals surface area contributed by atoms with E-state index >= 15 is 0 Å². The van der Waals surface area contributed by atoms with Crippen molar-refractivity contribution in [2.75, 3.05) is 39.2 Å². The summed E-state index contributed by atoms with van der Waals surface area (Å²) in [7, 11) is -1.44. The van der Waals surface area contributed by atoms with Crippen molar-refractivity contribution in [1.82, 2.24) is 9.88 Å². The van der Waals surface area contributed by atoms with E-state index in [1.807, 2.05) is 19.1 Å². The third kappa shape index (κ3) is 8.70. The monoisotopic (exact) mass is 568 g/mol. The number of aromatic nitrogens is 1. The standard InChI is InChI=1S/C16H24N2O4S.2C2HF3O2/c1-3-22-10-14-6-8-23(19,20)16(14)11-18(12-16)9-13-5-4-7-17-15(13)21-2;2*3-2(4,5)1(6)7/h4-5,7,14H,3,6,8-12H2,1-2H3;2*(H,6,7). The number of hydrogen-bond donors (Lipinski definition) is 2. The van der Waals surface area contributed by atoms with Crippen LogP contribution >= 0.6 is 0 Å². The van der Waals surface area contributed by atoms with Gasteiger partial charge in [-0.25, -0.2) is 23.0 Å². The van der Waals surface area contributed by atoms with Gasteiger partial charge in [-0.15, -0.1) is 0 Å². The third-order valence-corrected chi connectivity index (χ3v) is 8.13. The van der Waals surface area contributed by atoms with Crippen LogP contribution in [0.2, 0.25) is 0 Å². The first-order chi connectivity index (χ1) is 16.9. The van der Waals surface area contributed by atoms with Gasteiger partial charge in [0.2, 0.25) is 5.88 Å². The Labute approximate surface area is 208 Å². The van der Waals surface area contributed by atoms with E-state index in [2.05, 4.69) is 9.88 Å². The van der Waals surface area contributed by atoms with Gasteiger partial charge in [0.1, 0.15) is 4.75 Å². The van der Waals surface area contributed by atoms with Gasteiger partial charge in [0.15, 0.2) is 9.84 Å². The van der Waals surface area contributed by atoms with Crippen LogP contribution < -0.4 is 4.74 Å². The summed E-state index contributed by atoms with van der Waals surface area (Å²) in [6.45, 7) is 4.92. The summed E-state index contributed by atoms with van der Waals surface area (Å²) in [6, 6.07) is 3.84. The molecule has 2 aliphatic rings. The zero-order chi connectivity index (χ0) is 28.7. The summed E-state index contributed by atoms with van der Waals surface area (Å²) in [6.07, 6.45) is -7.76. The van der Waals surface area contributed by atoms with Crippen molar-refractivity contribution in [3.05, 3.63) is 23.9 Å². The molecule has 1 aromatic heterocycles. The third-order valence-electron chi connectivity index (χ3n) is 5.53. The van der Waals surface area contributed by atoms with Gasteiger partial charge in [0, 0.05) is 43.9 Å². The van der Waals surface area contributed by atoms with Gasteiger partial charge in [-0.2, -0.15) is 26.3 Å². The molecule has 10 nitrogen and oxygen atoms in total. The molecule has 1 spiro atoms. The van der Waals surface area contributed by atoms with Crippen molar-refractivity contribution in [3.8, 4) is 5.88 Å². The highest BCUT2D eigenvalue weighted by Gasteiger charge is 2.61. The second-order valence-electron chi connectivity index (χ2n) is 7.95. The maximum atomic E-state index is 12.5. The Balaban J connectivity index is 0.000000404. The molecule has 2 aliphatic heterocycles. The Kier molecular flexibility index (Phi) is 11.1. The van der Waals surface area contributed by atoms with Crippen LogP contribution in [0.1, 0.15) is 18.9 Å². The normalized spacial score (nSPS) is 20.1. The van der Waals surface area contributed by atoms with Crippen molar-refractivity contribution in [1.29, 1.82) is 0 Å². The number of likely N-dealkylation sites (tertiary alicyclic amines) is 1. The predicted molar refractivity (Wildman–Crippen MR) is 115 cm³/mol. The fourth-order valence-corrected chi connectivity index (χ4v) is 6.21. The molecule has 2 saturated heterocycles. The summed E-state index contributed by atoms with van der Waals surface area (Å²) in [4.78, 5) is 24.1. The van der Waals surface area contributed by atoms with Crippen LogP contribution in [0.3, 0.4) is 0 Å². The molecule has 0 saturated carbocycles. The molecule has 0 amide bonds. The number of methoxy groups -OCH3 is 1. The van der Waals surface area contributed by atoms with Gasteiger partial charge in [-0.05, 0) is 19.4 Å². The minimum Gasteiger partial charge on any atom is -0.481 e. The first-order valence-corrected chi connectivity index (χ1v) is 12.2. The minimum absolute atomic E-state index is 0.111. The zero-order valence-electron chi connectivity index (χ0n) is 19.7. The topological polar surface area (TPSA) is 143 Å². The molecule has 1 aromatic rings. The molecule has 212 valence electrons. The summed E-state index contributed by atoms with van der Waals surface area (Å²) >= 11 is 0.